The van der Waals surface area contributed by atoms with Crippen LogP contribution in [-0.4, -0.2) is 27.7 Å². The average molecular weight is 300 g/mol. The van der Waals surface area contributed by atoms with Gasteiger partial charge in [0.1, 0.15) is 0 Å². The molecule has 0 saturated carbocycles. The van der Waals surface area contributed by atoms with E-state index in [-0.39, 0.29) is 0 Å². The van der Waals surface area contributed by atoms with Crippen molar-refractivity contribution in [3.8, 4) is 0 Å². The number of thioether (sulfide) groups is 1. The number of carbonyl (C=O) groups excluding carboxylic acids is 1. The van der Waals surface area contributed by atoms with E-state index >= 15 is 0 Å². The standard InChI is InChI=1S/C8H21O4PSSi2/c1-14-8(9)13(10,11-15(2,3)4)12-16(5,6)7/h1-7H3. The minimum atomic E-state index is -3.61. The lowest BCUT2D eigenvalue weighted by Gasteiger charge is -2.29. The van der Waals surface area contributed by atoms with E-state index in [1.807, 2.05) is 39.3 Å². The average Bonchev–Trinajstić information content (AvgIpc) is 1.95. The molecular formula is C8H21O4PSSi2. The van der Waals surface area contributed by atoms with Crippen molar-refractivity contribution in [2.75, 3.05) is 6.26 Å². The Balaban J connectivity index is 5.07. The number of carbonyl (C=O) groups is 1. The molecule has 0 aromatic rings. The maximum atomic E-state index is 12.4. The molecule has 0 rings (SSSR count). The highest BCUT2D eigenvalue weighted by Crippen LogP contribution is 2.56. The van der Waals surface area contributed by atoms with Gasteiger partial charge in [-0.1, -0.05) is 11.8 Å². The van der Waals surface area contributed by atoms with Crippen LogP contribution in [0, 0.1) is 0 Å². The maximum Gasteiger partial charge on any atom is 0.388 e. The lowest BCUT2D eigenvalue weighted by molar-refractivity contribution is 0.267. The predicted molar refractivity (Wildman–Crippen MR) is 75.4 cm³/mol. The first-order valence-electron chi connectivity index (χ1n) is 5.00. The normalized spacial score (nSPS) is 13.9. The molecule has 0 heterocycles. The van der Waals surface area contributed by atoms with Crippen LogP contribution in [0.5, 0.6) is 0 Å². The van der Waals surface area contributed by atoms with Crippen LogP contribution in [0.1, 0.15) is 0 Å². The number of rotatable bonds is 5. The lowest BCUT2D eigenvalue weighted by Crippen LogP contribution is -2.31. The third kappa shape index (κ3) is 6.37. The van der Waals surface area contributed by atoms with Gasteiger partial charge < -0.3 is 8.43 Å². The van der Waals surface area contributed by atoms with Gasteiger partial charge in [0.25, 0.3) is 4.86 Å². The monoisotopic (exact) mass is 300 g/mol. The fraction of sp³-hybridized carbons (Fsp3) is 0.875. The summed E-state index contributed by atoms with van der Waals surface area (Å²) in [6.45, 7) is 11.3. The predicted octanol–water partition coefficient (Wildman–Crippen LogP) is 4.37. The number of hydrogen-bond acceptors (Lipinski definition) is 5. The van der Waals surface area contributed by atoms with Gasteiger partial charge >= 0.3 is 7.60 Å². The van der Waals surface area contributed by atoms with Crippen LogP contribution in [0.3, 0.4) is 0 Å². The molecule has 0 fully saturated rings. The van der Waals surface area contributed by atoms with Crippen molar-refractivity contribution in [1.82, 2.24) is 0 Å². The summed E-state index contributed by atoms with van der Waals surface area (Å²) < 4.78 is 23.4. The minimum Gasteiger partial charge on any atom is -0.346 e. The van der Waals surface area contributed by atoms with Crippen LogP contribution in [0.25, 0.3) is 0 Å². The lowest BCUT2D eigenvalue weighted by atomic mass is 11.8. The molecule has 96 valence electrons. The fourth-order valence-electron chi connectivity index (χ4n) is 0.926. The summed E-state index contributed by atoms with van der Waals surface area (Å²) in [5.74, 6) is 0. The molecule has 0 aromatic heterocycles. The van der Waals surface area contributed by atoms with E-state index in [0.717, 1.165) is 11.8 Å². The van der Waals surface area contributed by atoms with Crippen LogP contribution in [0.2, 0.25) is 39.3 Å². The molecule has 0 N–H and O–H groups in total. The molecule has 0 aliphatic heterocycles. The molecule has 0 aromatic carbocycles. The zero-order valence-corrected chi connectivity index (χ0v) is 14.7. The van der Waals surface area contributed by atoms with Crippen LogP contribution in [0.15, 0.2) is 0 Å². The molecule has 0 radical (unpaired) electrons. The van der Waals surface area contributed by atoms with Gasteiger partial charge in [-0.05, 0) is 45.5 Å². The van der Waals surface area contributed by atoms with Gasteiger partial charge in [-0.15, -0.1) is 0 Å². The Labute approximate surface area is 104 Å². The molecule has 0 atom stereocenters. The first kappa shape index (κ1) is 16.6. The van der Waals surface area contributed by atoms with E-state index in [4.69, 9.17) is 8.43 Å². The van der Waals surface area contributed by atoms with Crippen molar-refractivity contribution in [2.24, 2.45) is 0 Å². The summed E-state index contributed by atoms with van der Waals surface area (Å²) in [6.07, 6.45) is 1.59. The maximum absolute atomic E-state index is 12.4. The Hall–Kier alpha value is 0.604. The highest BCUT2D eigenvalue weighted by molar-refractivity contribution is 8.25. The Kier molecular flexibility index (Phi) is 5.70. The zero-order valence-electron chi connectivity index (χ0n) is 11.0. The van der Waals surface area contributed by atoms with E-state index in [1.165, 1.54) is 0 Å². The van der Waals surface area contributed by atoms with E-state index in [9.17, 15) is 9.36 Å². The molecule has 4 nitrogen and oxygen atoms in total. The van der Waals surface area contributed by atoms with Crippen molar-refractivity contribution >= 4 is 40.8 Å². The van der Waals surface area contributed by atoms with Gasteiger partial charge in [0.05, 0.1) is 0 Å². The summed E-state index contributed by atoms with van der Waals surface area (Å²) in [5, 5.41) is 0. The van der Waals surface area contributed by atoms with Crippen LogP contribution in [-0.2, 0) is 13.0 Å². The largest absolute Gasteiger partial charge is 0.388 e. The molecule has 0 unspecified atom stereocenters. The second kappa shape index (κ2) is 5.50. The fourth-order valence-corrected chi connectivity index (χ4v) is 9.34. The second-order valence-electron chi connectivity index (χ2n) is 5.37. The molecule has 0 aliphatic carbocycles. The van der Waals surface area contributed by atoms with E-state index in [0.29, 0.717) is 0 Å². The van der Waals surface area contributed by atoms with Crippen molar-refractivity contribution in [1.29, 1.82) is 0 Å². The molecule has 0 spiro atoms. The minimum absolute atomic E-state index is 0.489. The van der Waals surface area contributed by atoms with Gasteiger partial charge in [-0.3, -0.25) is 9.36 Å². The number of hydrogen-bond donors (Lipinski definition) is 0. The van der Waals surface area contributed by atoms with Crippen molar-refractivity contribution < 1.29 is 17.8 Å². The Morgan fingerprint density at radius 1 is 1.00 bits per heavy atom. The molecule has 16 heavy (non-hydrogen) atoms. The van der Waals surface area contributed by atoms with Crippen molar-refractivity contribution in [3.05, 3.63) is 0 Å². The quantitative estimate of drug-likeness (QED) is 0.557. The smallest absolute Gasteiger partial charge is 0.346 e. The molecule has 0 amide bonds. The summed E-state index contributed by atoms with van der Waals surface area (Å²) in [6, 6.07) is 0. The van der Waals surface area contributed by atoms with Crippen LogP contribution in [0.4, 0.5) is 4.79 Å². The molecule has 8 heteroatoms. The molecular weight excluding hydrogens is 279 g/mol. The summed E-state index contributed by atoms with van der Waals surface area (Å²) >= 11 is 0.906. The topological polar surface area (TPSA) is 52.6 Å². The van der Waals surface area contributed by atoms with Gasteiger partial charge in [-0.25, -0.2) is 0 Å². The summed E-state index contributed by atoms with van der Waals surface area (Å²) in [7, 11) is -7.75. The van der Waals surface area contributed by atoms with Crippen molar-refractivity contribution in [2.45, 2.75) is 39.3 Å². The Morgan fingerprint density at radius 2 is 1.31 bits per heavy atom. The van der Waals surface area contributed by atoms with Crippen molar-refractivity contribution in [3.63, 3.8) is 0 Å². The zero-order chi connectivity index (χ0) is 13.2. The van der Waals surface area contributed by atoms with Gasteiger partial charge in [0, 0.05) is 0 Å². The highest BCUT2D eigenvalue weighted by Gasteiger charge is 2.42. The molecule has 0 aliphatic rings. The van der Waals surface area contributed by atoms with Crippen LogP contribution >= 0.6 is 19.4 Å². The summed E-state index contributed by atoms with van der Waals surface area (Å²) in [4.78, 5) is 11.2. The van der Waals surface area contributed by atoms with Gasteiger partial charge in [-0.2, -0.15) is 0 Å². The van der Waals surface area contributed by atoms with E-state index in [2.05, 4.69) is 0 Å². The molecule has 0 saturated heterocycles. The first-order valence-corrected chi connectivity index (χ1v) is 14.6. The van der Waals surface area contributed by atoms with Gasteiger partial charge in [0.15, 0.2) is 16.6 Å². The summed E-state index contributed by atoms with van der Waals surface area (Å²) in [5.41, 5.74) is 0. The Bertz CT molecular complexity index is 288. The first-order chi connectivity index (χ1) is 6.90. The van der Waals surface area contributed by atoms with Crippen LogP contribution < -0.4 is 0 Å². The third-order valence-electron chi connectivity index (χ3n) is 1.19. The third-order valence-corrected chi connectivity index (χ3v) is 9.51. The SMILES string of the molecule is CSC(=O)P(=O)(O[Si](C)(C)C)O[Si](C)(C)C. The Morgan fingerprint density at radius 3 is 1.50 bits per heavy atom. The highest BCUT2D eigenvalue weighted by atomic mass is 32.2. The van der Waals surface area contributed by atoms with Gasteiger partial charge in [0.2, 0.25) is 0 Å². The van der Waals surface area contributed by atoms with E-state index in [1.54, 1.807) is 6.26 Å². The second-order valence-corrected chi connectivity index (χ2v) is 17.8. The van der Waals surface area contributed by atoms with E-state index < -0.39 is 29.1 Å². The molecule has 0 bridgehead atoms.